The Labute approximate surface area is 132 Å². The van der Waals surface area contributed by atoms with E-state index in [4.69, 9.17) is 0 Å². The van der Waals surface area contributed by atoms with Gasteiger partial charge in [-0.3, -0.25) is 9.59 Å². The van der Waals surface area contributed by atoms with Crippen molar-refractivity contribution in [1.82, 2.24) is 20.0 Å². The largest absolute Gasteiger partial charge is 0.355 e. The molecular weight excluding hydrogens is 338 g/mol. The second kappa shape index (κ2) is 6.57. The van der Waals surface area contributed by atoms with Gasteiger partial charge in [0.15, 0.2) is 0 Å². The number of aromatic nitrogens is 2. The molecule has 1 amide bonds. The first-order valence-corrected chi connectivity index (χ1v) is 7.70. The Kier molecular flexibility index (Phi) is 5.00. The number of hydrogen-bond donors (Lipinski definition) is 1. The highest BCUT2D eigenvalue weighted by Crippen LogP contribution is 2.24. The van der Waals surface area contributed by atoms with Crippen molar-refractivity contribution >= 4 is 27.5 Å². The summed E-state index contributed by atoms with van der Waals surface area (Å²) in [4.78, 5) is 28.0. The van der Waals surface area contributed by atoms with Crippen molar-refractivity contribution in [3.05, 3.63) is 21.0 Å². The van der Waals surface area contributed by atoms with Crippen LogP contribution in [0, 0.1) is 0 Å². The Bertz CT molecular complexity index is 586. The smallest absolute Gasteiger partial charge is 0.283 e. The summed E-state index contributed by atoms with van der Waals surface area (Å²) in [7, 11) is 3.47. The molecule has 21 heavy (non-hydrogen) atoms. The van der Waals surface area contributed by atoms with Crippen LogP contribution in [0.25, 0.3) is 0 Å². The zero-order valence-electron chi connectivity index (χ0n) is 12.5. The number of halogens is 1. The van der Waals surface area contributed by atoms with Crippen LogP contribution in [0.4, 0.5) is 5.69 Å². The number of nitrogens with one attached hydrogen (secondary N) is 1. The Balaban J connectivity index is 2.41. The van der Waals surface area contributed by atoms with Gasteiger partial charge in [-0.05, 0) is 22.9 Å². The maximum atomic E-state index is 12.3. The van der Waals surface area contributed by atoms with Gasteiger partial charge in [-0.2, -0.15) is 5.10 Å². The normalized spacial score (nSPS) is 18.7. The number of rotatable bonds is 3. The van der Waals surface area contributed by atoms with E-state index in [0.717, 1.165) is 6.54 Å². The summed E-state index contributed by atoms with van der Waals surface area (Å²) >= 11 is 3.36. The summed E-state index contributed by atoms with van der Waals surface area (Å²) in [5.74, 6) is 0.00812. The molecule has 0 aliphatic carbocycles. The van der Waals surface area contributed by atoms with Crippen LogP contribution < -0.4 is 15.8 Å². The number of carbonyl (C=O) groups is 1. The summed E-state index contributed by atoms with van der Waals surface area (Å²) in [6.45, 7) is 4.35. The standard InChI is InChI=1S/C13H20BrN5O2/c1-4-19-13(21)11(14)9(8-16-19)18-6-5-15-7-10(18)12(20)17(2)3/h8,10,15H,4-7H2,1-3H3. The predicted molar refractivity (Wildman–Crippen MR) is 84.6 cm³/mol. The lowest BCUT2D eigenvalue weighted by Crippen LogP contribution is -2.58. The van der Waals surface area contributed by atoms with Gasteiger partial charge in [0, 0.05) is 40.3 Å². The molecule has 2 heterocycles. The third-order valence-corrected chi connectivity index (χ3v) is 4.29. The van der Waals surface area contributed by atoms with Crippen molar-refractivity contribution < 1.29 is 4.79 Å². The Morgan fingerprint density at radius 1 is 1.57 bits per heavy atom. The Hall–Kier alpha value is -1.41. The van der Waals surface area contributed by atoms with Crippen LogP contribution in [0.2, 0.25) is 0 Å². The van der Waals surface area contributed by atoms with Gasteiger partial charge >= 0.3 is 0 Å². The van der Waals surface area contributed by atoms with Gasteiger partial charge in [0.2, 0.25) is 5.91 Å². The summed E-state index contributed by atoms with van der Waals surface area (Å²) < 4.78 is 1.84. The van der Waals surface area contributed by atoms with E-state index in [1.54, 1.807) is 25.2 Å². The molecule has 0 spiro atoms. The topological polar surface area (TPSA) is 70.5 Å². The van der Waals surface area contributed by atoms with Gasteiger partial charge < -0.3 is 15.1 Å². The van der Waals surface area contributed by atoms with Gasteiger partial charge in [-0.25, -0.2) is 4.68 Å². The fourth-order valence-corrected chi connectivity index (χ4v) is 2.93. The number of amides is 1. The van der Waals surface area contributed by atoms with Crippen molar-refractivity contribution in [2.45, 2.75) is 19.5 Å². The third kappa shape index (κ3) is 3.11. The van der Waals surface area contributed by atoms with Crippen molar-refractivity contribution in [1.29, 1.82) is 0 Å². The van der Waals surface area contributed by atoms with E-state index in [9.17, 15) is 9.59 Å². The molecule has 1 aromatic heterocycles. The van der Waals surface area contributed by atoms with E-state index in [-0.39, 0.29) is 17.5 Å². The molecule has 1 N–H and O–H groups in total. The number of likely N-dealkylation sites (N-methyl/N-ethyl adjacent to an activating group) is 1. The first-order chi connectivity index (χ1) is 9.97. The Morgan fingerprint density at radius 2 is 2.29 bits per heavy atom. The molecule has 2 rings (SSSR count). The van der Waals surface area contributed by atoms with Crippen LogP contribution in [0.1, 0.15) is 6.92 Å². The van der Waals surface area contributed by atoms with Crippen LogP contribution in [0.15, 0.2) is 15.5 Å². The number of aryl methyl sites for hydroxylation is 1. The second-order valence-electron chi connectivity index (χ2n) is 5.11. The maximum absolute atomic E-state index is 12.3. The number of piperazine rings is 1. The van der Waals surface area contributed by atoms with Crippen molar-refractivity contribution in [3.8, 4) is 0 Å². The van der Waals surface area contributed by atoms with Crippen molar-refractivity contribution in [3.63, 3.8) is 0 Å². The Morgan fingerprint density at radius 3 is 2.90 bits per heavy atom. The highest BCUT2D eigenvalue weighted by molar-refractivity contribution is 9.10. The minimum absolute atomic E-state index is 0.00812. The average Bonchev–Trinajstić information content (AvgIpc) is 2.49. The monoisotopic (exact) mass is 357 g/mol. The molecule has 1 saturated heterocycles. The lowest BCUT2D eigenvalue weighted by atomic mass is 10.1. The van der Waals surface area contributed by atoms with Crippen molar-refractivity contribution in [2.24, 2.45) is 0 Å². The zero-order chi connectivity index (χ0) is 15.6. The molecular formula is C13H20BrN5O2. The molecule has 1 unspecified atom stereocenters. The quantitative estimate of drug-likeness (QED) is 0.817. The molecule has 1 aromatic rings. The zero-order valence-corrected chi connectivity index (χ0v) is 14.1. The van der Waals surface area contributed by atoms with Gasteiger partial charge in [-0.15, -0.1) is 0 Å². The van der Waals surface area contributed by atoms with Crippen LogP contribution in [0.3, 0.4) is 0 Å². The third-order valence-electron chi connectivity index (χ3n) is 3.54. The molecule has 116 valence electrons. The highest BCUT2D eigenvalue weighted by atomic mass is 79.9. The molecule has 1 aliphatic heterocycles. The van der Waals surface area contributed by atoms with E-state index in [1.807, 2.05) is 11.8 Å². The minimum atomic E-state index is -0.330. The van der Waals surface area contributed by atoms with Gasteiger partial charge in [-0.1, -0.05) is 0 Å². The summed E-state index contributed by atoms with van der Waals surface area (Å²) in [6.07, 6.45) is 1.65. The number of carbonyl (C=O) groups excluding carboxylic acids is 1. The molecule has 0 saturated carbocycles. The van der Waals surface area contributed by atoms with E-state index >= 15 is 0 Å². The number of anilines is 1. The van der Waals surface area contributed by atoms with Crippen molar-refractivity contribution in [2.75, 3.05) is 38.6 Å². The summed E-state index contributed by atoms with van der Waals surface area (Å²) in [5, 5.41) is 7.38. The van der Waals surface area contributed by atoms with Gasteiger partial charge in [0.05, 0.1) is 11.9 Å². The first kappa shape index (κ1) is 16.0. The molecule has 7 nitrogen and oxygen atoms in total. The first-order valence-electron chi connectivity index (χ1n) is 6.91. The second-order valence-corrected chi connectivity index (χ2v) is 5.90. The van der Waals surface area contributed by atoms with E-state index < -0.39 is 0 Å². The van der Waals surface area contributed by atoms with Gasteiger partial charge in [0.25, 0.3) is 5.56 Å². The van der Waals surface area contributed by atoms with Crippen LogP contribution >= 0.6 is 15.9 Å². The highest BCUT2D eigenvalue weighted by Gasteiger charge is 2.31. The maximum Gasteiger partial charge on any atom is 0.283 e. The van der Waals surface area contributed by atoms with Crippen LogP contribution in [-0.2, 0) is 11.3 Å². The summed E-state index contributed by atoms with van der Waals surface area (Å²) in [6, 6.07) is -0.330. The van der Waals surface area contributed by atoms with Crippen LogP contribution in [0.5, 0.6) is 0 Å². The van der Waals surface area contributed by atoms with Gasteiger partial charge in [0.1, 0.15) is 10.5 Å². The van der Waals surface area contributed by atoms with Crippen LogP contribution in [-0.4, -0.2) is 60.4 Å². The molecule has 0 bridgehead atoms. The SMILES string of the molecule is CCn1ncc(N2CCNCC2C(=O)N(C)C)c(Br)c1=O. The van der Waals surface area contributed by atoms with E-state index in [2.05, 4.69) is 26.3 Å². The molecule has 1 atom stereocenters. The number of nitrogens with zero attached hydrogens (tertiary/aromatic N) is 4. The lowest BCUT2D eigenvalue weighted by Gasteiger charge is -2.38. The molecule has 1 aliphatic rings. The predicted octanol–water partition coefficient (Wildman–Crippen LogP) is -0.108. The molecule has 1 fully saturated rings. The fraction of sp³-hybridized carbons (Fsp3) is 0.615. The minimum Gasteiger partial charge on any atom is -0.355 e. The average molecular weight is 358 g/mol. The lowest BCUT2D eigenvalue weighted by molar-refractivity contribution is -0.130. The molecule has 0 radical (unpaired) electrons. The summed E-state index contributed by atoms with van der Waals surface area (Å²) in [5.41, 5.74) is 0.496. The molecule has 8 heteroatoms. The van der Waals surface area contributed by atoms with E-state index in [1.165, 1.54) is 4.68 Å². The fourth-order valence-electron chi connectivity index (χ4n) is 2.39. The van der Waals surface area contributed by atoms with E-state index in [0.29, 0.717) is 29.8 Å². The molecule has 0 aromatic carbocycles. The number of hydrogen-bond acceptors (Lipinski definition) is 5.